The predicted octanol–water partition coefficient (Wildman–Crippen LogP) is 1.25. The van der Waals surface area contributed by atoms with Crippen molar-refractivity contribution in [1.82, 2.24) is 14.8 Å². The van der Waals surface area contributed by atoms with E-state index in [1.54, 1.807) is 43.1 Å². The van der Waals surface area contributed by atoms with Crippen LogP contribution in [0.25, 0.3) is 0 Å². The van der Waals surface area contributed by atoms with Gasteiger partial charge in [0.2, 0.25) is 0 Å². The lowest BCUT2D eigenvalue weighted by atomic mass is 10.1. The van der Waals surface area contributed by atoms with E-state index >= 15 is 0 Å². The van der Waals surface area contributed by atoms with Crippen molar-refractivity contribution in [3.05, 3.63) is 42.0 Å². The molecule has 0 radical (unpaired) electrons. The molecule has 0 aliphatic carbocycles. The van der Waals surface area contributed by atoms with Gasteiger partial charge in [0.25, 0.3) is 0 Å². The van der Waals surface area contributed by atoms with E-state index in [1.165, 1.54) is 6.33 Å². The van der Waals surface area contributed by atoms with Crippen LogP contribution >= 0.6 is 0 Å². The summed E-state index contributed by atoms with van der Waals surface area (Å²) in [5.41, 5.74) is 0.618. The maximum atomic E-state index is 12.0. The largest absolute Gasteiger partial charge is 0.497 e. The molecule has 0 spiro atoms. The van der Waals surface area contributed by atoms with E-state index in [0.717, 1.165) is 0 Å². The molecule has 2 rings (SSSR count). The number of methoxy groups -OCH3 is 1. The Morgan fingerprint density at radius 3 is 2.94 bits per heavy atom. The lowest BCUT2D eigenvalue weighted by Gasteiger charge is -2.03. The van der Waals surface area contributed by atoms with Crippen molar-refractivity contribution >= 4 is 5.78 Å². The monoisotopic (exact) mass is 231 g/mol. The quantitative estimate of drug-likeness (QED) is 0.743. The van der Waals surface area contributed by atoms with Crippen molar-refractivity contribution in [1.29, 1.82) is 0 Å². The van der Waals surface area contributed by atoms with Gasteiger partial charge in [0.1, 0.15) is 17.9 Å². The zero-order valence-electron chi connectivity index (χ0n) is 9.75. The van der Waals surface area contributed by atoms with Crippen molar-refractivity contribution < 1.29 is 9.53 Å². The van der Waals surface area contributed by atoms with Gasteiger partial charge >= 0.3 is 0 Å². The molecule has 0 aliphatic heterocycles. The van der Waals surface area contributed by atoms with Gasteiger partial charge in [0.15, 0.2) is 5.78 Å². The van der Waals surface area contributed by atoms with Gasteiger partial charge in [0.05, 0.1) is 13.5 Å². The van der Waals surface area contributed by atoms with Gasteiger partial charge < -0.3 is 4.74 Å². The Bertz CT molecular complexity index is 534. The molecule has 2 aromatic rings. The Balaban J connectivity index is 2.17. The number of rotatable bonds is 4. The highest BCUT2D eigenvalue weighted by Gasteiger charge is 2.11. The van der Waals surface area contributed by atoms with Crippen LogP contribution in [-0.4, -0.2) is 27.7 Å². The van der Waals surface area contributed by atoms with E-state index in [2.05, 4.69) is 10.1 Å². The molecule has 0 aliphatic rings. The number of hydrogen-bond donors (Lipinski definition) is 0. The third-order valence-electron chi connectivity index (χ3n) is 2.52. The molecule has 1 aromatic heterocycles. The highest BCUT2D eigenvalue weighted by molar-refractivity contribution is 5.97. The second-order valence-electron chi connectivity index (χ2n) is 3.63. The Kier molecular flexibility index (Phi) is 3.18. The molecule has 1 heterocycles. The number of carbonyl (C=O) groups is 1. The molecular weight excluding hydrogens is 218 g/mol. The molecule has 0 unspecified atom stereocenters. The maximum Gasteiger partial charge on any atom is 0.170 e. The second kappa shape index (κ2) is 4.78. The summed E-state index contributed by atoms with van der Waals surface area (Å²) in [6.45, 7) is 0. The Hall–Kier alpha value is -2.17. The number of aromatic nitrogens is 3. The number of hydrogen-bond acceptors (Lipinski definition) is 4. The Morgan fingerprint density at radius 2 is 2.29 bits per heavy atom. The van der Waals surface area contributed by atoms with Gasteiger partial charge in [-0.15, -0.1) is 0 Å². The van der Waals surface area contributed by atoms with Gasteiger partial charge in [-0.05, 0) is 12.1 Å². The SMILES string of the molecule is COc1cccc(C(=O)Cc2ncnn2C)c1. The number of Topliss-reactive ketones (excluding diaryl/α,β-unsaturated/α-hetero) is 1. The van der Waals surface area contributed by atoms with Crippen molar-refractivity contribution in [3.63, 3.8) is 0 Å². The number of ketones is 1. The molecule has 1 aromatic carbocycles. The summed E-state index contributed by atoms with van der Waals surface area (Å²) in [5.74, 6) is 1.33. The molecule has 17 heavy (non-hydrogen) atoms. The number of benzene rings is 1. The smallest absolute Gasteiger partial charge is 0.170 e. The van der Waals surface area contributed by atoms with Crippen LogP contribution in [0.3, 0.4) is 0 Å². The predicted molar refractivity (Wildman–Crippen MR) is 62.0 cm³/mol. The molecule has 0 fully saturated rings. The molecule has 0 amide bonds. The van der Waals surface area contributed by atoms with Crippen LogP contribution in [0.15, 0.2) is 30.6 Å². The minimum absolute atomic E-state index is 0.000000000000000444. The lowest BCUT2D eigenvalue weighted by molar-refractivity contribution is 0.0989. The topological polar surface area (TPSA) is 57.0 Å². The molecule has 5 heteroatoms. The van der Waals surface area contributed by atoms with Gasteiger partial charge in [-0.1, -0.05) is 12.1 Å². The van der Waals surface area contributed by atoms with E-state index in [9.17, 15) is 4.79 Å². The first kappa shape index (κ1) is 11.3. The van der Waals surface area contributed by atoms with Gasteiger partial charge in [-0.25, -0.2) is 4.98 Å². The van der Waals surface area contributed by atoms with E-state index in [4.69, 9.17) is 4.74 Å². The van der Waals surface area contributed by atoms with E-state index in [1.807, 2.05) is 0 Å². The second-order valence-corrected chi connectivity index (χ2v) is 3.63. The maximum absolute atomic E-state index is 12.0. The molecule has 0 bridgehead atoms. The Morgan fingerprint density at radius 1 is 1.47 bits per heavy atom. The van der Waals surface area contributed by atoms with Crippen molar-refractivity contribution in [2.45, 2.75) is 6.42 Å². The molecule has 0 saturated heterocycles. The summed E-state index contributed by atoms with van der Waals surface area (Å²) in [7, 11) is 3.34. The molecule has 88 valence electrons. The fourth-order valence-corrected chi connectivity index (χ4v) is 1.52. The summed E-state index contributed by atoms with van der Waals surface area (Å²) in [4.78, 5) is 16.0. The average molecular weight is 231 g/mol. The number of ether oxygens (including phenoxy) is 1. The fraction of sp³-hybridized carbons (Fsp3) is 0.250. The van der Waals surface area contributed by atoms with Crippen molar-refractivity contribution in [3.8, 4) is 5.75 Å². The number of nitrogens with zero attached hydrogens (tertiary/aromatic N) is 3. The molecule has 0 atom stereocenters. The zero-order chi connectivity index (χ0) is 12.3. The van der Waals surface area contributed by atoms with Crippen LogP contribution in [0.4, 0.5) is 0 Å². The molecule has 0 N–H and O–H groups in total. The van der Waals surface area contributed by atoms with E-state index < -0.39 is 0 Å². The van der Waals surface area contributed by atoms with Crippen molar-refractivity contribution in [2.24, 2.45) is 7.05 Å². The van der Waals surface area contributed by atoms with Crippen LogP contribution in [0.1, 0.15) is 16.2 Å². The summed E-state index contributed by atoms with van der Waals surface area (Å²) in [6, 6.07) is 7.09. The fourth-order valence-electron chi connectivity index (χ4n) is 1.52. The normalized spacial score (nSPS) is 10.2. The summed E-state index contributed by atoms with van der Waals surface area (Å²) in [6.07, 6.45) is 1.68. The third kappa shape index (κ3) is 2.50. The first-order valence-electron chi connectivity index (χ1n) is 5.21. The molecule has 0 saturated carbocycles. The van der Waals surface area contributed by atoms with Crippen LogP contribution in [0, 0.1) is 0 Å². The van der Waals surface area contributed by atoms with E-state index in [0.29, 0.717) is 17.1 Å². The van der Waals surface area contributed by atoms with Crippen LogP contribution in [-0.2, 0) is 13.5 Å². The first-order chi connectivity index (χ1) is 8.20. The average Bonchev–Trinajstić information content (AvgIpc) is 2.75. The van der Waals surface area contributed by atoms with Crippen LogP contribution < -0.4 is 4.74 Å². The summed E-state index contributed by atoms with van der Waals surface area (Å²) >= 11 is 0. The van der Waals surface area contributed by atoms with Gasteiger partial charge in [-0.2, -0.15) is 5.10 Å². The summed E-state index contributed by atoms with van der Waals surface area (Å²) in [5, 5.41) is 3.93. The minimum Gasteiger partial charge on any atom is -0.497 e. The third-order valence-corrected chi connectivity index (χ3v) is 2.52. The van der Waals surface area contributed by atoms with Crippen LogP contribution in [0.5, 0.6) is 5.75 Å². The first-order valence-corrected chi connectivity index (χ1v) is 5.21. The highest BCUT2D eigenvalue weighted by Crippen LogP contribution is 2.14. The van der Waals surface area contributed by atoms with Gasteiger partial charge in [0, 0.05) is 12.6 Å². The highest BCUT2D eigenvalue weighted by atomic mass is 16.5. The van der Waals surface area contributed by atoms with Crippen molar-refractivity contribution in [2.75, 3.05) is 7.11 Å². The summed E-state index contributed by atoms with van der Waals surface area (Å²) < 4.78 is 6.67. The zero-order valence-corrected chi connectivity index (χ0v) is 9.75. The number of carbonyl (C=O) groups excluding carboxylic acids is 1. The molecule has 5 nitrogen and oxygen atoms in total. The standard InChI is InChI=1S/C12H13N3O2/c1-15-12(13-8-14-15)7-11(16)9-4-3-5-10(6-9)17-2/h3-6,8H,7H2,1-2H3. The number of aryl methyl sites for hydroxylation is 1. The Labute approximate surface area is 99.1 Å². The van der Waals surface area contributed by atoms with Crippen LogP contribution in [0.2, 0.25) is 0 Å². The minimum atomic E-state index is 0.000000000000000444. The lowest BCUT2D eigenvalue weighted by Crippen LogP contribution is -2.09. The van der Waals surface area contributed by atoms with Gasteiger partial charge in [-0.3, -0.25) is 9.48 Å². The molecular formula is C12H13N3O2. The van der Waals surface area contributed by atoms with E-state index in [-0.39, 0.29) is 12.2 Å².